The van der Waals surface area contributed by atoms with Gasteiger partial charge in [-0.25, -0.2) is 0 Å². The average molecular weight is 122 g/mol. The summed E-state index contributed by atoms with van der Waals surface area (Å²) in [6, 6.07) is 0. The first-order valence-electron chi connectivity index (χ1n) is 2.63. The van der Waals surface area contributed by atoms with Crippen molar-refractivity contribution < 1.29 is 0 Å². The Kier molecular flexibility index (Phi) is 1.09. The van der Waals surface area contributed by atoms with E-state index in [4.69, 9.17) is 0 Å². The molecule has 2 heteroatoms. The van der Waals surface area contributed by atoms with Crippen LogP contribution < -0.4 is 21.3 Å². The molecule has 0 aliphatic carbocycles. The molecular formula is C7H6O2. The van der Waals surface area contributed by atoms with E-state index in [-0.39, 0.29) is 0 Å². The zero-order valence-electron chi connectivity index (χ0n) is 5.10. The lowest BCUT2D eigenvalue weighted by Gasteiger charge is -1.84. The van der Waals surface area contributed by atoms with Crippen LogP contribution in [0.2, 0.25) is 0 Å². The van der Waals surface area contributed by atoms with Gasteiger partial charge in [0, 0.05) is 10.4 Å². The van der Waals surface area contributed by atoms with Crippen molar-refractivity contribution in [2.75, 3.05) is 0 Å². The average Bonchev–Trinajstić information content (AvgIpc) is 1.89. The molecule has 0 atom stereocenters. The topological polar surface area (TPSA) is 34.1 Å². The summed E-state index contributed by atoms with van der Waals surface area (Å²) in [5.41, 5.74) is -0.842. The van der Waals surface area contributed by atoms with Crippen LogP contribution in [0.5, 0.6) is 0 Å². The summed E-state index contributed by atoms with van der Waals surface area (Å²) >= 11 is 0. The summed E-state index contributed by atoms with van der Waals surface area (Å²) in [7, 11) is 0. The first-order valence-corrected chi connectivity index (χ1v) is 2.63. The van der Waals surface area contributed by atoms with Gasteiger partial charge >= 0.3 is 0 Å². The van der Waals surface area contributed by atoms with E-state index in [0.29, 0.717) is 10.4 Å². The minimum absolute atomic E-state index is 0.350. The van der Waals surface area contributed by atoms with Gasteiger partial charge in [-0.2, -0.15) is 0 Å². The Labute approximate surface area is 51.4 Å². The van der Waals surface area contributed by atoms with Gasteiger partial charge in [-0.05, 0) is 6.92 Å². The molecule has 0 spiro atoms. The summed E-state index contributed by atoms with van der Waals surface area (Å²) in [5.74, 6) is 0. The van der Waals surface area contributed by atoms with Crippen molar-refractivity contribution in [2.24, 2.45) is 0 Å². The largest absolute Gasteiger partial charge is 0.285 e. The minimum Gasteiger partial charge on any atom is -0.285 e. The summed E-state index contributed by atoms with van der Waals surface area (Å²) in [6.45, 7) is 5.12. The van der Waals surface area contributed by atoms with E-state index >= 15 is 0 Å². The van der Waals surface area contributed by atoms with Crippen LogP contribution in [-0.2, 0) is 0 Å². The number of rotatable bonds is 0. The lowest BCUT2D eigenvalue weighted by atomic mass is 10.2. The van der Waals surface area contributed by atoms with Crippen LogP contribution in [-0.4, -0.2) is 0 Å². The van der Waals surface area contributed by atoms with Crippen molar-refractivity contribution >= 4 is 12.7 Å². The summed E-state index contributed by atoms with van der Waals surface area (Å²) in [5, 5.41) is 0.822. The van der Waals surface area contributed by atoms with E-state index in [2.05, 4.69) is 6.58 Å². The lowest BCUT2D eigenvalue weighted by Crippen LogP contribution is -2.63. The Hall–Kier alpha value is -1.18. The highest BCUT2D eigenvalue weighted by Gasteiger charge is 2.02. The van der Waals surface area contributed by atoms with Crippen molar-refractivity contribution in [1.82, 2.24) is 0 Å². The van der Waals surface area contributed by atoms with E-state index < -0.39 is 10.9 Å². The van der Waals surface area contributed by atoms with E-state index in [9.17, 15) is 9.59 Å². The van der Waals surface area contributed by atoms with Crippen LogP contribution in [0.3, 0.4) is 0 Å². The van der Waals surface area contributed by atoms with Crippen LogP contribution in [0.15, 0.2) is 9.59 Å². The molecule has 0 saturated heterocycles. The normalized spacial score (nSPS) is 12.8. The van der Waals surface area contributed by atoms with Crippen LogP contribution in [0.4, 0.5) is 0 Å². The summed E-state index contributed by atoms with van der Waals surface area (Å²) in [6.07, 6.45) is 1.60. The van der Waals surface area contributed by atoms with Gasteiger partial charge in [0.1, 0.15) is 0 Å². The minimum atomic E-state index is -0.442. The molecule has 0 fully saturated rings. The molecule has 9 heavy (non-hydrogen) atoms. The Morgan fingerprint density at radius 2 is 1.89 bits per heavy atom. The molecule has 1 aromatic carbocycles. The zero-order valence-corrected chi connectivity index (χ0v) is 5.10. The molecule has 0 amide bonds. The summed E-state index contributed by atoms with van der Waals surface area (Å²) < 4.78 is 0. The van der Waals surface area contributed by atoms with Crippen LogP contribution >= 0.6 is 0 Å². The molecule has 0 saturated carbocycles. The van der Waals surface area contributed by atoms with Crippen LogP contribution in [0.1, 0.15) is 6.92 Å². The van der Waals surface area contributed by atoms with E-state index in [0.717, 1.165) is 0 Å². The van der Waals surface area contributed by atoms with Gasteiger partial charge in [-0.1, -0.05) is 12.7 Å². The number of hydrogen-bond acceptors (Lipinski definition) is 2. The lowest BCUT2D eigenvalue weighted by molar-refractivity contribution is 1.27. The first kappa shape index (κ1) is 5.95. The van der Waals surface area contributed by atoms with Gasteiger partial charge in [0.05, 0.1) is 0 Å². The highest BCUT2D eigenvalue weighted by molar-refractivity contribution is 5.27. The second-order valence-electron chi connectivity index (χ2n) is 1.84. The molecule has 0 unspecified atom stereocenters. The fraction of sp³-hybridized carbons (Fsp3) is 0.143. The highest BCUT2D eigenvalue weighted by Crippen LogP contribution is 1.47. The smallest absolute Gasteiger partial charge is 0.233 e. The molecule has 0 radical (unpaired) electrons. The number of hydrogen-bond donors (Lipinski definition) is 0. The Balaban J connectivity index is 3.85. The SMILES string of the molecule is C=c1c(=O)c(=O)c1=CC. The van der Waals surface area contributed by atoms with Gasteiger partial charge in [0.25, 0.3) is 0 Å². The van der Waals surface area contributed by atoms with Gasteiger partial charge < -0.3 is 0 Å². The van der Waals surface area contributed by atoms with Crippen molar-refractivity contribution in [2.45, 2.75) is 6.92 Å². The van der Waals surface area contributed by atoms with Gasteiger partial charge in [0.2, 0.25) is 10.9 Å². The second-order valence-corrected chi connectivity index (χ2v) is 1.84. The highest BCUT2D eigenvalue weighted by atomic mass is 16.2. The Morgan fingerprint density at radius 1 is 1.33 bits per heavy atom. The second kappa shape index (κ2) is 1.65. The molecule has 0 aliphatic heterocycles. The molecule has 0 aliphatic rings. The maximum absolute atomic E-state index is 10.5. The summed E-state index contributed by atoms with van der Waals surface area (Å²) in [4.78, 5) is 21.0. The van der Waals surface area contributed by atoms with E-state index in [1.807, 2.05) is 0 Å². The predicted octanol–water partition coefficient (Wildman–Crippen LogP) is -1.51. The molecule has 0 N–H and O–H groups in total. The molecule has 1 rings (SSSR count). The van der Waals surface area contributed by atoms with Crippen molar-refractivity contribution in [3.05, 3.63) is 30.9 Å². The molecule has 0 heterocycles. The van der Waals surface area contributed by atoms with Crippen molar-refractivity contribution in [3.8, 4) is 0 Å². The third kappa shape index (κ3) is 0.560. The fourth-order valence-electron chi connectivity index (χ4n) is 0.762. The monoisotopic (exact) mass is 122 g/mol. The fourth-order valence-corrected chi connectivity index (χ4v) is 0.762. The maximum atomic E-state index is 10.5. The van der Waals surface area contributed by atoms with E-state index in [1.165, 1.54) is 0 Å². The van der Waals surface area contributed by atoms with Crippen LogP contribution in [0.25, 0.3) is 12.7 Å². The molecule has 0 bridgehead atoms. The Morgan fingerprint density at radius 3 is 2.11 bits per heavy atom. The van der Waals surface area contributed by atoms with Crippen molar-refractivity contribution in [3.63, 3.8) is 0 Å². The quantitative estimate of drug-likeness (QED) is 0.392. The third-order valence-electron chi connectivity index (χ3n) is 1.34. The zero-order chi connectivity index (χ0) is 7.02. The van der Waals surface area contributed by atoms with Crippen molar-refractivity contribution in [1.29, 1.82) is 0 Å². The molecule has 0 aromatic heterocycles. The Bertz CT molecular complexity index is 359. The molecule has 46 valence electrons. The molecular weight excluding hydrogens is 116 g/mol. The van der Waals surface area contributed by atoms with Gasteiger partial charge in [-0.3, -0.25) is 9.59 Å². The molecule has 1 aromatic rings. The predicted molar refractivity (Wildman–Crippen MR) is 36.3 cm³/mol. The van der Waals surface area contributed by atoms with E-state index in [1.54, 1.807) is 13.0 Å². The standard InChI is InChI=1S/C7H6O2/c1-3-5-4(2)6(8)7(5)9/h3H,2H2,1H3. The molecule has 2 nitrogen and oxygen atoms in total. The van der Waals surface area contributed by atoms with Gasteiger partial charge in [0.15, 0.2) is 0 Å². The third-order valence-corrected chi connectivity index (χ3v) is 1.34. The van der Waals surface area contributed by atoms with Gasteiger partial charge in [-0.15, -0.1) is 0 Å². The first-order chi connectivity index (χ1) is 4.18. The van der Waals surface area contributed by atoms with Crippen LogP contribution in [0, 0.1) is 0 Å². The maximum Gasteiger partial charge on any atom is 0.233 e.